The van der Waals surface area contributed by atoms with Crippen LogP contribution < -0.4 is 4.74 Å². The summed E-state index contributed by atoms with van der Waals surface area (Å²) < 4.78 is 5.65. The Labute approximate surface area is 134 Å². The number of aromatic hydroxyl groups is 1. The summed E-state index contributed by atoms with van der Waals surface area (Å²) in [6.45, 7) is 0.361. The largest absolute Gasteiger partial charge is 0.498 e. The van der Waals surface area contributed by atoms with Gasteiger partial charge in [-0.1, -0.05) is 48.8 Å². The molecule has 0 aliphatic heterocycles. The Bertz CT molecular complexity index is 619. The Morgan fingerprint density at radius 2 is 2.00 bits per heavy atom. The van der Waals surface area contributed by atoms with Gasteiger partial charge in [0, 0.05) is 0 Å². The number of aromatic nitrogens is 1. The number of para-hydroxylation sites is 1. The number of ether oxygens (including phenoxy) is 1. The monoisotopic (exact) mass is 316 g/mol. The quantitative estimate of drug-likeness (QED) is 0.842. The number of benzene rings is 1. The number of thiazole rings is 1. The lowest BCUT2D eigenvalue weighted by atomic mass is 9.96. The molecule has 0 spiro atoms. The van der Waals surface area contributed by atoms with E-state index in [1.807, 2.05) is 30.3 Å². The summed E-state index contributed by atoms with van der Waals surface area (Å²) in [6.07, 6.45) is 7.82. The summed E-state index contributed by atoms with van der Waals surface area (Å²) in [5, 5.41) is 10.9. The van der Waals surface area contributed by atoms with Crippen LogP contribution in [0, 0.1) is 0 Å². The molecule has 1 saturated carbocycles. The zero-order chi connectivity index (χ0) is 15.2. The van der Waals surface area contributed by atoms with Crippen LogP contribution in [0.4, 0.5) is 0 Å². The van der Waals surface area contributed by atoms with E-state index in [2.05, 4.69) is 9.98 Å². The zero-order valence-corrected chi connectivity index (χ0v) is 13.3. The van der Waals surface area contributed by atoms with Crippen molar-refractivity contribution in [3.8, 4) is 10.8 Å². The Morgan fingerprint density at radius 3 is 2.77 bits per heavy atom. The summed E-state index contributed by atoms with van der Waals surface area (Å²) in [7, 11) is 0. The minimum atomic E-state index is 0.214. The van der Waals surface area contributed by atoms with Crippen LogP contribution in [0.15, 0.2) is 35.3 Å². The van der Waals surface area contributed by atoms with Gasteiger partial charge in [0.15, 0.2) is 0 Å². The van der Waals surface area contributed by atoms with Crippen molar-refractivity contribution in [3.63, 3.8) is 0 Å². The average Bonchev–Trinajstić information content (AvgIpc) is 2.93. The maximum atomic E-state index is 9.97. The van der Waals surface area contributed by atoms with E-state index >= 15 is 0 Å². The first kappa shape index (κ1) is 15.0. The van der Waals surface area contributed by atoms with Gasteiger partial charge in [0.25, 0.3) is 0 Å². The molecule has 0 amide bonds. The van der Waals surface area contributed by atoms with E-state index in [9.17, 15) is 5.11 Å². The summed E-state index contributed by atoms with van der Waals surface area (Å²) in [5.74, 6) is 0.801. The van der Waals surface area contributed by atoms with E-state index in [4.69, 9.17) is 4.74 Å². The normalized spacial score (nSPS) is 16.2. The van der Waals surface area contributed by atoms with E-state index in [1.165, 1.54) is 30.6 Å². The third kappa shape index (κ3) is 4.07. The second-order valence-corrected chi connectivity index (χ2v) is 6.53. The van der Waals surface area contributed by atoms with Gasteiger partial charge in [0.1, 0.15) is 23.1 Å². The molecule has 22 heavy (non-hydrogen) atoms. The molecule has 0 saturated heterocycles. The third-order valence-electron chi connectivity index (χ3n) is 3.77. The maximum absolute atomic E-state index is 9.97. The van der Waals surface area contributed by atoms with Crippen molar-refractivity contribution in [1.29, 1.82) is 0 Å². The van der Waals surface area contributed by atoms with Crippen LogP contribution in [-0.4, -0.2) is 22.3 Å². The Morgan fingerprint density at radius 1 is 1.23 bits per heavy atom. The molecular weight excluding hydrogens is 296 g/mol. The highest BCUT2D eigenvalue weighted by atomic mass is 32.1. The Kier molecular flexibility index (Phi) is 5.06. The molecule has 1 fully saturated rings. The first-order valence-electron chi connectivity index (χ1n) is 7.71. The van der Waals surface area contributed by atoms with Crippen molar-refractivity contribution in [2.45, 2.75) is 44.8 Å². The second-order valence-electron chi connectivity index (χ2n) is 5.47. The molecule has 1 aliphatic carbocycles. The van der Waals surface area contributed by atoms with E-state index in [0.717, 1.165) is 23.6 Å². The maximum Gasteiger partial charge on any atom is 0.201 e. The lowest BCUT2D eigenvalue weighted by Gasteiger charge is -2.16. The fraction of sp³-hybridized carbons (Fsp3) is 0.412. The average molecular weight is 316 g/mol. The second kappa shape index (κ2) is 7.40. The molecule has 1 aromatic carbocycles. The van der Waals surface area contributed by atoms with Gasteiger partial charge >= 0.3 is 0 Å². The lowest BCUT2D eigenvalue weighted by Crippen LogP contribution is -2.09. The van der Waals surface area contributed by atoms with Crippen LogP contribution in [0.2, 0.25) is 0 Å². The van der Waals surface area contributed by atoms with Gasteiger partial charge in [-0.25, -0.2) is 4.98 Å². The predicted octanol–water partition coefficient (Wildman–Crippen LogP) is 4.18. The van der Waals surface area contributed by atoms with Crippen LogP contribution in [0.1, 0.15) is 42.8 Å². The highest BCUT2D eigenvalue weighted by Gasteiger charge is 2.13. The molecule has 1 heterocycles. The van der Waals surface area contributed by atoms with Crippen molar-refractivity contribution < 1.29 is 9.84 Å². The van der Waals surface area contributed by atoms with Crippen LogP contribution in [0.25, 0.3) is 0 Å². The van der Waals surface area contributed by atoms with Gasteiger partial charge in [-0.2, -0.15) is 0 Å². The number of aliphatic imine (C=N–C) groups is 1. The lowest BCUT2D eigenvalue weighted by molar-refractivity contribution is 0.305. The highest BCUT2D eigenvalue weighted by molar-refractivity contribution is 7.13. The van der Waals surface area contributed by atoms with E-state index in [1.54, 1.807) is 6.21 Å². The molecule has 3 rings (SSSR count). The van der Waals surface area contributed by atoms with E-state index in [0.29, 0.717) is 18.3 Å². The minimum absolute atomic E-state index is 0.214. The standard InChI is InChI=1S/C17H20N2O2S/c20-17-15(11-18-13-7-3-1-4-8-13)19-16(22-17)12-21-14-9-5-2-6-10-14/h2,5-6,9-11,13,20H,1,3-4,7-8,12H2. The first-order valence-corrected chi connectivity index (χ1v) is 8.52. The molecule has 4 nitrogen and oxygen atoms in total. The fourth-order valence-corrected chi connectivity index (χ4v) is 3.27. The van der Waals surface area contributed by atoms with Crippen LogP contribution in [-0.2, 0) is 6.61 Å². The van der Waals surface area contributed by atoms with Gasteiger partial charge in [-0.3, -0.25) is 4.99 Å². The molecule has 116 valence electrons. The highest BCUT2D eigenvalue weighted by Crippen LogP contribution is 2.26. The van der Waals surface area contributed by atoms with Gasteiger partial charge in [0.2, 0.25) is 5.06 Å². The molecular formula is C17H20N2O2S. The number of hydrogen-bond acceptors (Lipinski definition) is 5. The smallest absolute Gasteiger partial charge is 0.201 e. The molecule has 1 N–H and O–H groups in total. The molecule has 0 atom stereocenters. The summed E-state index contributed by atoms with van der Waals surface area (Å²) >= 11 is 1.25. The Balaban J connectivity index is 1.59. The zero-order valence-electron chi connectivity index (χ0n) is 12.4. The van der Waals surface area contributed by atoms with Gasteiger partial charge < -0.3 is 9.84 Å². The van der Waals surface area contributed by atoms with Crippen molar-refractivity contribution in [2.75, 3.05) is 0 Å². The fourth-order valence-electron chi connectivity index (χ4n) is 2.58. The van der Waals surface area contributed by atoms with Crippen LogP contribution in [0.3, 0.4) is 0 Å². The van der Waals surface area contributed by atoms with Crippen LogP contribution in [0.5, 0.6) is 10.8 Å². The van der Waals surface area contributed by atoms with Gasteiger partial charge in [0.05, 0.1) is 12.3 Å². The number of rotatable bonds is 5. The van der Waals surface area contributed by atoms with E-state index < -0.39 is 0 Å². The molecule has 0 radical (unpaired) electrons. The van der Waals surface area contributed by atoms with Gasteiger partial charge in [-0.15, -0.1) is 0 Å². The van der Waals surface area contributed by atoms with Crippen molar-refractivity contribution in [2.24, 2.45) is 4.99 Å². The van der Waals surface area contributed by atoms with Gasteiger partial charge in [-0.05, 0) is 25.0 Å². The summed E-state index contributed by atoms with van der Waals surface area (Å²) in [4.78, 5) is 8.97. The molecule has 1 aliphatic rings. The molecule has 5 heteroatoms. The van der Waals surface area contributed by atoms with Crippen molar-refractivity contribution >= 4 is 17.6 Å². The van der Waals surface area contributed by atoms with E-state index in [-0.39, 0.29) is 5.06 Å². The van der Waals surface area contributed by atoms with Crippen molar-refractivity contribution in [3.05, 3.63) is 41.0 Å². The third-order valence-corrected chi connectivity index (χ3v) is 4.61. The topological polar surface area (TPSA) is 54.7 Å². The van der Waals surface area contributed by atoms with Crippen molar-refractivity contribution in [1.82, 2.24) is 4.98 Å². The summed E-state index contributed by atoms with van der Waals surface area (Å²) in [6, 6.07) is 9.99. The molecule has 2 aromatic rings. The SMILES string of the molecule is Oc1sc(COc2ccccc2)nc1C=NC1CCCCC1. The summed E-state index contributed by atoms with van der Waals surface area (Å²) in [5.41, 5.74) is 0.558. The minimum Gasteiger partial charge on any atom is -0.498 e. The number of hydrogen-bond donors (Lipinski definition) is 1. The predicted molar refractivity (Wildman–Crippen MR) is 89.0 cm³/mol. The number of nitrogens with zero attached hydrogens (tertiary/aromatic N) is 2. The first-order chi connectivity index (χ1) is 10.8. The molecule has 0 unspecified atom stereocenters. The van der Waals surface area contributed by atoms with Crippen LogP contribution >= 0.6 is 11.3 Å². The Hall–Kier alpha value is -1.88. The molecule has 1 aromatic heterocycles. The molecule has 0 bridgehead atoms.